The summed E-state index contributed by atoms with van der Waals surface area (Å²) in [5.74, 6) is -2.21. The molecule has 23 heavy (non-hydrogen) atoms. The van der Waals surface area contributed by atoms with E-state index in [-0.39, 0.29) is 17.7 Å². The maximum absolute atomic E-state index is 13.0. The summed E-state index contributed by atoms with van der Waals surface area (Å²) in [7, 11) is 1.40. The number of aromatic nitrogens is 2. The van der Waals surface area contributed by atoms with Crippen molar-refractivity contribution in [2.45, 2.75) is 12.5 Å². The highest BCUT2D eigenvalue weighted by Gasteiger charge is 2.20. The van der Waals surface area contributed by atoms with E-state index in [4.69, 9.17) is 5.11 Å². The van der Waals surface area contributed by atoms with E-state index in [2.05, 4.69) is 10.4 Å². The lowest BCUT2D eigenvalue weighted by atomic mass is 10.0. The minimum Gasteiger partial charge on any atom is -0.481 e. The van der Waals surface area contributed by atoms with Crippen LogP contribution in [0.1, 0.15) is 28.5 Å². The van der Waals surface area contributed by atoms with Crippen LogP contribution in [0.4, 0.5) is 4.39 Å². The molecule has 8 heteroatoms. The number of rotatable bonds is 5. The van der Waals surface area contributed by atoms with Crippen LogP contribution in [0.3, 0.4) is 0 Å². The summed E-state index contributed by atoms with van der Waals surface area (Å²) in [4.78, 5) is 34.4. The maximum atomic E-state index is 13.0. The van der Waals surface area contributed by atoms with Crippen molar-refractivity contribution < 1.29 is 19.1 Å². The first-order valence-electron chi connectivity index (χ1n) is 6.69. The topological polar surface area (TPSA) is 101 Å². The van der Waals surface area contributed by atoms with Gasteiger partial charge in [0.1, 0.15) is 11.5 Å². The molecule has 1 atom stereocenters. The molecule has 2 aromatic rings. The molecule has 0 saturated heterocycles. The molecule has 0 fully saturated rings. The van der Waals surface area contributed by atoms with E-state index in [1.165, 1.54) is 43.4 Å². The van der Waals surface area contributed by atoms with Gasteiger partial charge in [-0.05, 0) is 23.8 Å². The highest BCUT2D eigenvalue weighted by molar-refractivity contribution is 5.92. The number of amides is 1. The smallest absolute Gasteiger partial charge is 0.305 e. The maximum Gasteiger partial charge on any atom is 0.305 e. The van der Waals surface area contributed by atoms with Crippen molar-refractivity contribution in [3.63, 3.8) is 0 Å². The van der Waals surface area contributed by atoms with Gasteiger partial charge in [-0.25, -0.2) is 9.07 Å². The third-order valence-corrected chi connectivity index (χ3v) is 3.15. The van der Waals surface area contributed by atoms with Crippen molar-refractivity contribution in [3.05, 3.63) is 63.8 Å². The van der Waals surface area contributed by atoms with Crippen molar-refractivity contribution >= 4 is 11.9 Å². The highest BCUT2D eigenvalue weighted by Crippen LogP contribution is 2.18. The Balaban J connectivity index is 2.24. The van der Waals surface area contributed by atoms with Crippen LogP contribution in [-0.2, 0) is 11.8 Å². The van der Waals surface area contributed by atoms with E-state index in [1.807, 2.05) is 0 Å². The summed E-state index contributed by atoms with van der Waals surface area (Å²) in [5, 5.41) is 15.3. The van der Waals surface area contributed by atoms with Crippen LogP contribution in [0.15, 0.2) is 41.2 Å². The number of halogens is 1. The average molecular weight is 319 g/mol. The number of hydrogen-bond donors (Lipinski definition) is 2. The second-order valence-corrected chi connectivity index (χ2v) is 4.86. The van der Waals surface area contributed by atoms with Crippen LogP contribution >= 0.6 is 0 Å². The average Bonchev–Trinajstić information content (AvgIpc) is 2.49. The molecule has 1 aromatic heterocycles. The zero-order valence-electron chi connectivity index (χ0n) is 12.2. The predicted octanol–water partition coefficient (Wildman–Crippen LogP) is 0.865. The lowest BCUT2D eigenvalue weighted by Gasteiger charge is -2.17. The Morgan fingerprint density at radius 3 is 2.48 bits per heavy atom. The molecule has 1 heterocycles. The lowest BCUT2D eigenvalue weighted by Crippen LogP contribution is -2.32. The normalized spacial score (nSPS) is 11.7. The molecule has 0 radical (unpaired) electrons. The Kier molecular flexibility index (Phi) is 4.85. The van der Waals surface area contributed by atoms with Gasteiger partial charge in [0.05, 0.1) is 12.5 Å². The van der Waals surface area contributed by atoms with Crippen LogP contribution in [0.5, 0.6) is 0 Å². The van der Waals surface area contributed by atoms with Gasteiger partial charge in [-0.3, -0.25) is 14.4 Å². The standard InChI is InChI=1S/C15H14FN3O4/c1-19-13(20)7-6-11(18-19)15(23)17-12(8-14(21)22)9-2-4-10(16)5-3-9/h2-7,12H,8H2,1H3,(H,17,23)(H,21,22)/t12-/m0/s1. The zero-order valence-corrected chi connectivity index (χ0v) is 12.2. The van der Waals surface area contributed by atoms with E-state index < -0.39 is 23.7 Å². The number of nitrogens with zero attached hydrogens (tertiary/aromatic N) is 2. The van der Waals surface area contributed by atoms with E-state index in [9.17, 15) is 18.8 Å². The molecule has 0 aliphatic heterocycles. The molecular weight excluding hydrogens is 305 g/mol. The van der Waals surface area contributed by atoms with Gasteiger partial charge >= 0.3 is 5.97 Å². The molecule has 2 N–H and O–H groups in total. The Morgan fingerprint density at radius 2 is 1.91 bits per heavy atom. The Labute approximate surface area is 130 Å². The van der Waals surface area contributed by atoms with Crippen molar-refractivity contribution in [1.29, 1.82) is 0 Å². The molecule has 0 saturated carbocycles. The van der Waals surface area contributed by atoms with Gasteiger partial charge in [-0.15, -0.1) is 0 Å². The van der Waals surface area contributed by atoms with Crippen molar-refractivity contribution in [3.8, 4) is 0 Å². The van der Waals surface area contributed by atoms with Gasteiger partial charge in [0, 0.05) is 13.1 Å². The van der Waals surface area contributed by atoms with Crippen LogP contribution in [0.25, 0.3) is 0 Å². The Bertz CT molecular complexity index is 786. The number of aryl methyl sites for hydroxylation is 1. The third kappa shape index (κ3) is 4.22. The second-order valence-electron chi connectivity index (χ2n) is 4.86. The first kappa shape index (κ1) is 16.3. The second kappa shape index (κ2) is 6.82. The van der Waals surface area contributed by atoms with Gasteiger partial charge in [0.2, 0.25) is 0 Å². The van der Waals surface area contributed by atoms with Gasteiger partial charge in [-0.1, -0.05) is 12.1 Å². The first-order chi connectivity index (χ1) is 10.9. The fraction of sp³-hybridized carbons (Fsp3) is 0.200. The molecule has 1 amide bonds. The molecule has 0 bridgehead atoms. The SMILES string of the molecule is Cn1nc(C(=O)N[C@@H](CC(=O)O)c2ccc(F)cc2)ccc1=O. The number of carbonyl (C=O) groups excluding carboxylic acids is 1. The van der Waals surface area contributed by atoms with Gasteiger partial charge in [-0.2, -0.15) is 5.10 Å². The van der Waals surface area contributed by atoms with Crippen molar-refractivity contribution in [1.82, 2.24) is 15.1 Å². The molecule has 0 unspecified atom stereocenters. The molecule has 2 rings (SSSR count). The van der Waals surface area contributed by atoms with Crippen LogP contribution in [0, 0.1) is 5.82 Å². The summed E-state index contributed by atoms with van der Waals surface area (Å²) < 4.78 is 14.0. The van der Waals surface area contributed by atoms with Gasteiger partial charge in [0.15, 0.2) is 0 Å². The number of hydrogen-bond acceptors (Lipinski definition) is 4. The fourth-order valence-corrected chi connectivity index (χ4v) is 1.98. The Morgan fingerprint density at radius 1 is 1.26 bits per heavy atom. The Hall–Kier alpha value is -3.03. The number of carbonyl (C=O) groups is 2. The molecule has 0 spiro atoms. The predicted molar refractivity (Wildman–Crippen MR) is 78.3 cm³/mol. The third-order valence-electron chi connectivity index (χ3n) is 3.15. The number of nitrogens with one attached hydrogen (secondary N) is 1. The summed E-state index contributed by atoms with van der Waals surface area (Å²) in [6, 6.07) is 6.75. The molecule has 0 aliphatic carbocycles. The van der Waals surface area contributed by atoms with E-state index >= 15 is 0 Å². The van der Waals surface area contributed by atoms with Gasteiger partial charge < -0.3 is 10.4 Å². The van der Waals surface area contributed by atoms with Crippen LogP contribution < -0.4 is 10.9 Å². The highest BCUT2D eigenvalue weighted by atomic mass is 19.1. The van der Waals surface area contributed by atoms with E-state index in [0.717, 1.165) is 4.68 Å². The fourth-order valence-electron chi connectivity index (χ4n) is 1.98. The van der Waals surface area contributed by atoms with Gasteiger partial charge in [0.25, 0.3) is 11.5 Å². The van der Waals surface area contributed by atoms with Crippen molar-refractivity contribution in [2.75, 3.05) is 0 Å². The summed E-state index contributed by atoms with van der Waals surface area (Å²) in [6.45, 7) is 0. The number of aliphatic carboxylic acids is 1. The minimum absolute atomic E-state index is 0.0235. The van der Waals surface area contributed by atoms with E-state index in [0.29, 0.717) is 5.56 Å². The van der Waals surface area contributed by atoms with Crippen LogP contribution in [0.2, 0.25) is 0 Å². The number of carboxylic acids is 1. The minimum atomic E-state index is -1.12. The molecular formula is C15H14FN3O4. The van der Waals surface area contributed by atoms with Crippen LogP contribution in [-0.4, -0.2) is 26.8 Å². The number of carboxylic acid groups (broad SMARTS) is 1. The van der Waals surface area contributed by atoms with E-state index in [1.54, 1.807) is 0 Å². The zero-order chi connectivity index (χ0) is 17.0. The largest absolute Gasteiger partial charge is 0.481 e. The molecule has 1 aromatic carbocycles. The molecule has 120 valence electrons. The summed E-state index contributed by atoms with van der Waals surface area (Å²) in [6.07, 6.45) is -0.372. The summed E-state index contributed by atoms with van der Waals surface area (Å²) >= 11 is 0. The number of benzene rings is 1. The molecule has 0 aliphatic rings. The lowest BCUT2D eigenvalue weighted by molar-refractivity contribution is -0.137. The molecule has 7 nitrogen and oxygen atoms in total. The summed E-state index contributed by atoms with van der Waals surface area (Å²) in [5.41, 5.74) is 0.0544. The van der Waals surface area contributed by atoms with Crippen molar-refractivity contribution in [2.24, 2.45) is 7.05 Å². The quantitative estimate of drug-likeness (QED) is 0.851. The monoisotopic (exact) mass is 319 g/mol. The first-order valence-corrected chi connectivity index (χ1v) is 6.69.